The van der Waals surface area contributed by atoms with Gasteiger partial charge in [-0.3, -0.25) is 0 Å². The standard InChI is InChI=1S/C29H28O3S/c1-17-20(4)33-28-19(3)27-25(18(2)26(17)28)15-16-29(32-27,21-7-11-23(30-5)12-8-21)22-9-13-24(31-6)14-10-22/h7-16H,1-6H3. The predicted octanol–water partition coefficient (Wildman–Crippen LogP) is 7.50. The fourth-order valence-electron chi connectivity index (χ4n) is 4.83. The van der Waals surface area contributed by atoms with E-state index in [1.165, 1.54) is 37.2 Å². The molecule has 0 N–H and O–H groups in total. The molecule has 0 saturated heterocycles. The lowest BCUT2D eigenvalue weighted by Gasteiger charge is -2.37. The summed E-state index contributed by atoms with van der Waals surface area (Å²) >= 11 is 1.86. The molecule has 0 radical (unpaired) electrons. The molecule has 33 heavy (non-hydrogen) atoms. The Bertz CT molecular complexity index is 1330. The summed E-state index contributed by atoms with van der Waals surface area (Å²) in [7, 11) is 3.37. The second-order valence-electron chi connectivity index (χ2n) is 8.61. The molecule has 1 aliphatic rings. The van der Waals surface area contributed by atoms with Gasteiger partial charge in [0.25, 0.3) is 0 Å². The highest BCUT2D eigenvalue weighted by Gasteiger charge is 2.38. The van der Waals surface area contributed by atoms with Crippen molar-refractivity contribution in [1.29, 1.82) is 0 Å². The molecule has 0 amide bonds. The molecule has 3 aromatic carbocycles. The lowest BCUT2D eigenvalue weighted by atomic mass is 9.82. The maximum atomic E-state index is 7.05. The Labute approximate surface area is 199 Å². The van der Waals surface area contributed by atoms with Crippen molar-refractivity contribution in [2.24, 2.45) is 0 Å². The van der Waals surface area contributed by atoms with Gasteiger partial charge in [-0.2, -0.15) is 0 Å². The Hall–Kier alpha value is -3.24. The molecule has 4 heteroatoms. The van der Waals surface area contributed by atoms with E-state index >= 15 is 0 Å². The van der Waals surface area contributed by atoms with Crippen molar-refractivity contribution in [3.05, 3.63) is 92.9 Å². The minimum absolute atomic E-state index is 0.752. The highest BCUT2D eigenvalue weighted by molar-refractivity contribution is 7.19. The molecule has 0 aliphatic carbocycles. The van der Waals surface area contributed by atoms with E-state index in [0.717, 1.165) is 28.4 Å². The third-order valence-corrected chi connectivity index (χ3v) is 8.20. The summed E-state index contributed by atoms with van der Waals surface area (Å²) in [6.45, 7) is 8.82. The van der Waals surface area contributed by atoms with Crippen molar-refractivity contribution < 1.29 is 14.2 Å². The first-order valence-electron chi connectivity index (χ1n) is 11.1. The SMILES string of the molecule is COc1ccc(C2(c3ccc(OC)cc3)C=Cc3c(c(C)c4sc(C)c(C)c4c3C)O2)cc1. The lowest BCUT2D eigenvalue weighted by molar-refractivity contribution is 0.160. The van der Waals surface area contributed by atoms with E-state index in [-0.39, 0.29) is 0 Å². The summed E-state index contributed by atoms with van der Waals surface area (Å²) in [6, 6.07) is 16.3. The molecular weight excluding hydrogens is 428 g/mol. The molecule has 0 atom stereocenters. The van der Waals surface area contributed by atoms with Crippen molar-refractivity contribution in [2.45, 2.75) is 33.3 Å². The van der Waals surface area contributed by atoms with Crippen LogP contribution in [0.25, 0.3) is 16.2 Å². The Kier molecular flexibility index (Phi) is 5.21. The van der Waals surface area contributed by atoms with Crippen molar-refractivity contribution in [3.63, 3.8) is 0 Å². The van der Waals surface area contributed by atoms with Crippen LogP contribution in [0.15, 0.2) is 54.6 Å². The van der Waals surface area contributed by atoms with Crippen LogP contribution in [0.5, 0.6) is 17.2 Å². The van der Waals surface area contributed by atoms with Crippen LogP contribution in [0.4, 0.5) is 0 Å². The molecule has 0 saturated carbocycles. The number of aryl methyl sites for hydroxylation is 4. The van der Waals surface area contributed by atoms with Gasteiger partial charge < -0.3 is 14.2 Å². The summed E-state index contributed by atoms with van der Waals surface area (Å²) in [5.41, 5.74) is 6.35. The summed E-state index contributed by atoms with van der Waals surface area (Å²) in [5, 5.41) is 1.36. The van der Waals surface area contributed by atoms with Crippen molar-refractivity contribution in [2.75, 3.05) is 14.2 Å². The second kappa shape index (κ2) is 7.96. The topological polar surface area (TPSA) is 27.7 Å². The number of fused-ring (bicyclic) bond motifs is 2. The normalized spacial score (nSPS) is 14.1. The molecule has 0 fully saturated rings. The van der Waals surface area contributed by atoms with Gasteiger partial charge in [0.15, 0.2) is 5.60 Å². The number of thiophene rings is 1. The van der Waals surface area contributed by atoms with Crippen molar-refractivity contribution >= 4 is 27.5 Å². The van der Waals surface area contributed by atoms with Gasteiger partial charge in [-0.25, -0.2) is 0 Å². The first kappa shape index (κ1) is 21.6. The van der Waals surface area contributed by atoms with Crippen LogP contribution >= 0.6 is 11.3 Å². The van der Waals surface area contributed by atoms with E-state index in [4.69, 9.17) is 14.2 Å². The number of ether oxygens (including phenoxy) is 3. The first-order valence-corrected chi connectivity index (χ1v) is 11.9. The fourth-order valence-corrected chi connectivity index (χ4v) is 6.05. The van der Waals surface area contributed by atoms with Gasteiger partial charge in [0.05, 0.1) is 14.2 Å². The highest BCUT2D eigenvalue weighted by atomic mass is 32.1. The highest BCUT2D eigenvalue weighted by Crippen LogP contribution is 2.49. The second-order valence-corrected chi connectivity index (χ2v) is 9.83. The monoisotopic (exact) mass is 456 g/mol. The van der Waals surface area contributed by atoms with Crippen molar-refractivity contribution in [3.8, 4) is 17.2 Å². The van der Waals surface area contributed by atoms with E-state index in [9.17, 15) is 0 Å². The molecule has 5 rings (SSSR count). The maximum absolute atomic E-state index is 7.05. The summed E-state index contributed by atoms with van der Waals surface area (Å²) in [5.74, 6) is 2.60. The fraction of sp³-hybridized carbons (Fsp3) is 0.241. The molecule has 2 heterocycles. The van der Waals surface area contributed by atoms with Crippen LogP contribution in [-0.2, 0) is 5.60 Å². The Morgan fingerprint density at radius 3 is 1.79 bits per heavy atom. The number of hydrogen-bond donors (Lipinski definition) is 0. The van der Waals surface area contributed by atoms with E-state index < -0.39 is 5.60 Å². The van der Waals surface area contributed by atoms with Gasteiger partial charge in [-0.15, -0.1) is 11.3 Å². The summed E-state index contributed by atoms with van der Waals surface area (Å²) < 4.78 is 19.2. The summed E-state index contributed by atoms with van der Waals surface area (Å²) in [4.78, 5) is 1.36. The molecule has 0 bridgehead atoms. The number of benzene rings is 3. The van der Waals surface area contributed by atoms with Crippen LogP contribution < -0.4 is 14.2 Å². The quantitative estimate of drug-likeness (QED) is 0.318. The zero-order valence-electron chi connectivity index (χ0n) is 19.9. The van der Waals surface area contributed by atoms with Gasteiger partial charge in [0, 0.05) is 31.8 Å². The average Bonchev–Trinajstić information content (AvgIpc) is 3.16. The van der Waals surface area contributed by atoms with E-state index in [1.54, 1.807) is 14.2 Å². The van der Waals surface area contributed by atoms with Crippen LogP contribution in [0.3, 0.4) is 0 Å². The van der Waals surface area contributed by atoms with Crippen LogP contribution in [0.2, 0.25) is 0 Å². The molecular formula is C29H28O3S. The minimum atomic E-state index is -0.752. The molecule has 1 aromatic heterocycles. The van der Waals surface area contributed by atoms with E-state index in [2.05, 4.69) is 64.1 Å². The van der Waals surface area contributed by atoms with Crippen LogP contribution in [0.1, 0.15) is 38.3 Å². The number of methoxy groups -OCH3 is 2. The maximum Gasteiger partial charge on any atom is 0.178 e. The molecule has 3 nitrogen and oxygen atoms in total. The zero-order valence-corrected chi connectivity index (χ0v) is 20.7. The lowest BCUT2D eigenvalue weighted by Crippen LogP contribution is -2.34. The summed E-state index contributed by atoms with van der Waals surface area (Å²) in [6.07, 6.45) is 4.42. The van der Waals surface area contributed by atoms with Gasteiger partial charge in [0.2, 0.25) is 0 Å². The minimum Gasteiger partial charge on any atom is -0.497 e. The predicted molar refractivity (Wildman–Crippen MR) is 137 cm³/mol. The largest absolute Gasteiger partial charge is 0.497 e. The van der Waals surface area contributed by atoms with Crippen molar-refractivity contribution in [1.82, 2.24) is 0 Å². The van der Waals surface area contributed by atoms with Gasteiger partial charge in [0.1, 0.15) is 17.2 Å². The molecule has 168 valence electrons. The van der Waals surface area contributed by atoms with Gasteiger partial charge in [-0.05, 0) is 74.5 Å². The molecule has 0 spiro atoms. The average molecular weight is 457 g/mol. The van der Waals surface area contributed by atoms with Gasteiger partial charge >= 0.3 is 0 Å². The first-order chi connectivity index (χ1) is 15.9. The molecule has 0 unspecified atom stereocenters. The van der Waals surface area contributed by atoms with E-state index in [1.807, 2.05) is 35.6 Å². The van der Waals surface area contributed by atoms with Crippen LogP contribution in [0, 0.1) is 27.7 Å². The Morgan fingerprint density at radius 1 is 0.727 bits per heavy atom. The number of rotatable bonds is 4. The number of hydrogen-bond acceptors (Lipinski definition) is 4. The third-order valence-electron chi connectivity index (χ3n) is 6.88. The molecule has 1 aliphatic heterocycles. The Balaban J connectivity index is 1.75. The van der Waals surface area contributed by atoms with E-state index in [0.29, 0.717) is 0 Å². The third kappa shape index (κ3) is 3.24. The zero-order chi connectivity index (χ0) is 23.3. The van der Waals surface area contributed by atoms with Crippen LogP contribution in [-0.4, -0.2) is 14.2 Å². The Morgan fingerprint density at radius 2 is 1.27 bits per heavy atom. The van der Waals surface area contributed by atoms with Gasteiger partial charge in [-0.1, -0.05) is 30.3 Å². The smallest absolute Gasteiger partial charge is 0.178 e. The molecule has 4 aromatic rings.